The molecular formula is C13H21N3O5. The third-order valence-corrected chi connectivity index (χ3v) is 2.44. The van der Waals surface area contributed by atoms with Gasteiger partial charge in [0.05, 0.1) is 6.10 Å². The number of carbonyl (C=O) groups excluding carboxylic acids is 3. The molecule has 0 rings (SSSR count). The molecule has 0 radical (unpaired) electrons. The fraction of sp³-hybridized carbons (Fsp3) is 0.692. The van der Waals surface area contributed by atoms with Gasteiger partial charge in [-0.05, 0) is 27.0 Å². The zero-order valence-electron chi connectivity index (χ0n) is 17.7. The lowest BCUT2D eigenvalue weighted by Crippen LogP contribution is -2.46. The summed E-state index contributed by atoms with van der Waals surface area (Å²) >= 11 is 0. The number of esters is 1. The summed E-state index contributed by atoms with van der Waals surface area (Å²) in [6.07, 6.45) is -3.52. The molecule has 0 unspecified atom stereocenters. The number of nitrogens with zero attached hydrogens (tertiary/aromatic N) is 2. The standard InChI is InChI=1S/C13H21N3O5/c1-8(2)21-13(19)11(6-5-10(17)7-15-14)16-12(18)9(3)20-4/h7-9,11H,5-6H2,1-4H3,(H,16,18)/t9-,11-/m0/s1/i1D3,2D3. The molecular weight excluding hydrogens is 278 g/mol. The molecule has 118 valence electrons. The van der Waals surface area contributed by atoms with Crippen LogP contribution in [-0.2, 0) is 23.9 Å². The maximum Gasteiger partial charge on any atom is 0.328 e. The normalized spacial score (nSPS) is 18.4. The third-order valence-electron chi connectivity index (χ3n) is 2.44. The highest BCUT2D eigenvalue weighted by Crippen LogP contribution is 2.04. The van der Waals surface area contributed by atoms with Crippen LogP contribution in [0.2, 0.25) is 0 Å². The van der Waals surface area contributed by atoms with E-state index in [2.05, 4.69) is 14.8 Å². The number of carbonyl (C=O) groups is 3. The Morgan fingerprint density at radius 3 is 2.62 bits per heavy atom. The lowest BCUT2D eigenvalue weighted by molar-refractivity contribution is -0.152. The first kappa shape index (κ1) is 10.6. The minimum atomic E-state index is -3.13. The second-order valence-corrected chi connectivity index (χ2v) is 4.01. The van der Waals surface area contributed by atoms with Crippen molar-refractivity contribution in [1.82, 2.24) is 5.32 Å². The molecule has 0 spiro atoms. The Kier molecular flexibility index (Phi) is 4.96. The van der Waals surface area contributed by atoms with Crippen LogP contribution >= 0.6 is 0 Å². The van der Waals surface area contributed by atoms with Gasteiger partial charge in [-0.1, -0.05) is 0 Å². The van der Waals surface area contributed by atoms with Crippen LogP contribution in [0.4, 0.5) is 0 Å². The average molecular weight is 305 g/mol. The van der Waals surface area contributed by atoms with Crippen molar-refractivity contribution in [3.05, 3.63) is 5.53 Å². The van der Waals surface area contributed by atoms with Crippen LogP contribution in [0.25, 0.3) is 5.53 Å². The summed E-state index contributed by atoms with van der Waals surface area (Å²) < 4.78 is 52.8. The summed E-state index contributed by atoms with van der Waals surface area (Å²) in [5.74, 6) is -2.78. The summed E-state index contributed by atoms with van der Waals surface area (Å²) in [6.45, 7) is -4.89. The molecule has 1 N–H and O–H groups in total. The minimum Gasteiger partial charge on any atom is -0.461 e. The second-order valence-electron chi connectivity index (χ2n) is 4.01. The maximum atomic E-state index is 12.3. The number of Topliss-reactive ketones (excluding diaryl/α,β-unsaturated/α-hetero) is 1. The first-order valence-electron chi connectivity index (χ1n) is 8.98. The van der Waals surface area contributed by atoms with Gasteiger partial charge in [-0.25, -0.2) is 4.79 Å². The van der Waals surface area contributed by atoms with Crippen molar-refractivity contribution in [3.8, 4) is 0 Å². The molecule has 8 nitrogen and oxygen atoms in total. The van der Waals surface area contributed by atoms with E-state index in [1.165, 1.54) is 14.0 Å². The van der Waals surface area contributed by atoms with Crippen LogP contribution in [-0.4, -0.2) is 54.0 Å². The van der Waals surface area contributed by atoms with Crippen molar-refractivity contribution in [2.75, 3.05) is 7.11 Å². The van der Waals surface area contributed by atoms with Gasteiger partial charge in [0, 0.05) is 21.8 Å². The second kappa shape index (κ2) is 9.79. The van der Waals surface area contributed by atoms with E-state index in [1.54, 1.807) is 0 Å². The molecule has 1 amide bonds. The predicted molar refractivity (Wildman–Crippen MR) is 73.6 cm³/mol. The zero-order chi connectivity index (χ0) is 21.4. The Bertz CT molecular complexity index is 586. The lowest BCUT2D eigenvalue weighted by atomic mass is 10.1. The summed E-state index contributed by atoms with van der Waals surface area (Å²) in [5.41, 5.74) is 8.30. The van der Waals surface area contributed by atoms with E-state index in [1.807, 2.05) is 0 Å². The highest BCUT2D eigenvalue weighted by Gasteiger charge is 2.26. The van der Waals surface area contributed by atoms with E-state index in [4.69, 9.17) is 18.5 Å². The van der Waals surface area contributed by atoms with Crippen LogP contribution in [0.3, 0.4) is 0 Å². The van der Waals surface area contributed by atoms with Crippen molar-refractivity contribution in [2.45, 2.75) is 51.7 Å². The highest BCUT2D eigenvalue weighted by molar-refractivity contribution is 6.25. The Labute approximate surface area is 131 Å². The van der Waals surface area contributed by atoms with Crippen molar-refractivity contribution in [1.29, 1.82) is 0 Å². The van der Waals surface area contributed by atoms with Gasteiger partial charge in [-0.15, -0.1) is 0 Å². The molecule has 2 atom stereocenters. The van der Waals surface area contributed by atoms with Crippen LogP contribution < -0.4 is 5.32 Å². The molecule has 0 aromatic carbocycles. The zero-order valence-corrected chi connectivity index (χ0v) is 11.7. The Balaban J connectivity index is 5.43. The topological polar surface area (TPSA) is 118 Å². The smallest absolute Gasteiger partial charge is 0.328 e. The van der Waals surface area contributed by atoms with Crippen molar-refractivity contribution in [3.63, 3.8) is 0 Å². The summed E-state index contributed by atoms with van der Waals surface area (Å²) in [7, 11) is 1.23. The first-order chi connectivity index (χ1) is 12.2. The molecule has 0 bridgehead atoms. The summed E-state index contributed by atoms with van der Waals surface area (Å²) in [4.78, 5) is 38.1. The fourth-order valence-corrected chi connectivity index (χ4v) is 1.26. The molecule has 0 saturated heterocycles. The Hall–Kier alpha value is -2.05. The van der Waals surface area contributed by atoms with E-state index in [-0.39, 0.29) is 12.8 Å². The van der Waals surface area contributed by atoms with Gasteiger partial charge >= 0.3 is 12.2 Å². The lowest BCUT2D eigenvalue weighted by Gasteiger charge is -2.20. The van der Waals surface area contributed by atoms with Crippen LogP contribution in [0.1, 0.15) is 41.7 Å². The van der Waals surface area contributed by atoms with Crippen molar-refractivity contribution < 1.29 is 36.9 Å². The van der Waals surface area contributed by atoms with Gasteiger partial charge in [-0.2, -0.15) is 4.79 Å². The highest BCUT2D eigenvalue weighted by atomic mass is 16.5. The van der Waals surface area contributed by atoms with Crippen LogP contribution in [0, 0.1) is 0 Å². The summed E-state index contributed by atoms with van der Waals surface area (Å²) in [5, 5.41) is 2.21. The number of methoxy groups -OCH3 is 1. The molecule has 8 heteroatoms. The molecule has 0 heterocycles. The van der Waals surface area contributed by atoms with Crippen LogP contribution in [0.5, 0.6) is 0 Å². The molecule has 0 aromatic heterocycles. The van der Waals surface area contributed by atoms with Gasteiger partial charge < -0.3 is 20.3 Å². The average Bonchev–Trinajstić information content (AvgIpc) is 2.53. The quantitative estimate of drug-likeness (QED) is 0.281. The molecule has 0 saturated carbocycles. The third kappa shape index (κ3) is 7.96. The molecule has 0 aliphatic rings. The SMILES string of the molecule is [2H]C([2H])([2H])C(OC(=O)[C@H](CCC(=O)C=[N+]=[N-])NC(=O)[C@H](C)OC)C([2H])([2H])[2H]. The molecule has 0 aromatic rings. The number of hydrogen-bond donors (Lipinski definition) is 1. The van der Waals surface area contributed by atoms with Gasteiger partial charge in [0.25, 0.3) is 0 Å². The number of hydrogen-bond acceptors (Lipinski definition) is 5. The molecule has 0 aliphatic heterocycles. The largest absolute Gasteiger partial charge is 0.461 e. The van der Waals surface area contributed by atoms with E-state index < -0.39 is 49.6 Å². The van der Waals surface area contributed by atoms with Gasteiger partial charge in [0.2, 0.25) is 11.7 Å². The van der Waals surface area contributed by atoms with Crippen molar-refractivity contribution >= 4 is 23.9 Å². The van der Waals surface area contributed by atoms with E-state index in [9.17, 15) is 14.4 Å². The fourth-order valence-electron chi connectivity index (χ4n) is 1.26. The number of ketones is 1. The number of nitrogens with one attached hydrogen (secondary N) is 1. The van der Waals surface area contributed by atoms with E-state index in [0.717, 1.165) is 0 Å². The van der Waals surface area contributed by atoms with Gasteiger partial charge in [0.15, 0.2) is 0 Å². The molecule has 21 heavy (non-hydrogen) atoms. The van der Waals surface area contributed by atoms with Crippen molar-refractivity contribution in [2.24, 2.45) is 0 Å². The monoisotopic (exact) mass is 305 g/mol. The Morgan fingerprint density at radius 2 is 2.10 bits per heavy atom. The number of ether oxygens (including phenoxy) is 2. The maximum absolute atomic E-state index is 12.3. The van der Waals surface area contributed by atoms with E-state index >= 15 is 0 Å². The molecule has 0 fully saturated rings. The van der Waals surface area contributed by atoms with Crippen LogP contribution in [0.15, 0.2) is 0 Å². The van der Waals surface area contributed by atoms with E-state index in [0.29, 0.717) is 6.21 Å². The minimum absolute atomic E-state index is 0.347. The molecule has 0 aliphatic carbocycles. The van der Waals surface area contributed by atoms with Gasteiger partial charge in [-0.3, -0.25) is 9.59 Å². The van der Waals surface area contributed by atoms with Gasteiger partial charge in [0.1, 0.15) is 12.1 Å². The first-order valence-corrected chi connectivity index (χ1v) is 5.98. The predicted octanol–water partition coefficient (Wildman–Crippen LogP) is 0.108. The summed E-state index contributed by atoms with van der Waals surface area (Å²) in [6, 6.07) is -1.52. The Morgan fingerprint density at radius 1 is 1.43 bits per heavy atom. The number of rotatable bonds is 9. The number of amides is 1.